The summed E-state index contributed by atoms with van der Waals surface area (Å²) in [5.41, 5.74) is 0. The monoisotopic (exact) mass is 185 g/mol. The van der Waals surface area contributed by atoms with Gasteiger partial charge in [0.25, 0.3) is 0 Å². The Kier molecular flexibility index (Phi) is 3.72. The van der Waals surface area contributed by atoms with Gasteiger partial charge in [-0.05, 0) is 26.0 Å². The molecule has 0 aliphatic carbocycles. The van der Waals surface area contributed by atoms with E-state index in [1.54, 1.807) is 11.3 Å². The molecule has 68 valence electrons. The molecule has 0 radical (unpaired) electrons. The maximum atomic E-state index is 8.61. The van der Waals surface area contributed by atoms with Gasteiger partial charge in [-0.2, -0.15) is 0 Å². The Morgan fingerprint density at radius 1 is 1.58 bits per heavy atom. The summed E-state index contributed by atoms with van der Waals surface area (Å²) in [6.07, 6.45) is 0. The van der Waals surface area contributed by atoms with Gasteiger partial charge in [-0.25, -0.2) is 0 Å². The van der Waals surface area contributed by atoms with Crippen LogP contribution in [0.15, 0.2) is 12.1 Å². The molecule has 0 saturated heterocycles. The fourth-order valence-electron chi connectivity index (χ4n) is 1.07. The molecular formula is C9H15NOS. The summed E-state index contributed by atoms with van der Waals surface area (Å²) in [7, 11) is 0. The van der Waals surface area contributed by atoms with Crippen molar-refractivity contribution in [2.75, 3.05) is 13.2 Å². The first-order chi connectivity index (χ1) is 5.74. The molecule has 2 nitrogen and oxygen atoms in total. The van der Waals surface area contributed by atoms with Crippen molar-refractivity contribution >= 4 is 11.3 Å². The molecule has 0 fully saturated rings. The van der Waals surface area contributed by atoms with Crippen LogP contribution < -0.4 is 5.32 Å². The lowest BCUT2D eigenvalue weighted by Crippen LogP contribution is -2.21. The minimum atomic E-state index is 0.203. The van der Waals surface area contributed by atoms with Crippen molar-refractivity contribution in [1.82, 2.24) is 5.32 Å². The molecule has 1 rings (SSSR count). The number of rotatable bonds is 4. The standard InChI is InChI=1S/C9H15NOS/c1-7-3-4-9(12-7)8(2)10-5-6-11/h3-4,8,10-11H,5-6H2,1-2H3/t8-/m0/s1. The van der Waals surface area contributed by atoms with Gasteiger partial charge in [0, 0.05) is 22.3 Å². The lowest BCUT2D eigenvalue weighted by molar-refractivity contribution is 0.286. The van der Waals surface area contributed by atoms with Crippen LogP contribution >= 0.6 is 11.3 Å². The number of hydrogen-bond donors (Lipinski definition) is 2. The molecule has 1 aromatic rings. The third-order valence-corrected chi connectivity index (χ3v) is 2.93. The van der Waals surface area contributed by atoms with Gasteiger partial charge >= 0.3 is 0 Å². The molecule has 0 aliphatic heterocycles. The quantitative estimate of drug-likeness (QED) is 0.748. The number of hydrogen-bond acceptors (Lipinski definition) is 3. The molecule has 2 N–H and O–H groups in total. The number of aliphatic hydroxyl groups excluding tert-OH is 1. The largest absolute Gasteiger partial charge is 0.395 e. The second-order valence-corrected chi connectivity index (χ2v) is 4.17. The van der Waals surface area contributed by atoms with Crippen LogP contribution in [0.1, 0.15) is 22.7 Å². The Bertz CT molecular complexity index is 234. The minimum Gasteiger partial charge on any atom is -0.395 e. The third-order valence-electron chi connectivity index (χ3n) is 1.75. The van der Waals surface area contributed by atoms with Crippen molar-refractivity contribution in [2.45, 2.75) is 19.9 Å². The number of nitrogens with one attached hydrogen (secondary N) is 1. The maximum absolute atomic E-state index is 8.61. The average Bonchev–Trinajstić information content (AvgIpc) is 2.47. The van der Waals surface area contributed by atoms with E-state index in [1.807, 2.05) is 0 Å². The Morgan fingerprint density at radius 3 is 2.83 bits per heavy atom. The van der Waals surface area contributed by atoms with Gasteiger partial charge in [0.1, 0.15) is 0 Å². The molecule has 12 heavy (non-hydrogen) atoms. The van der Waals surface area contributed by atoms with E-state index in [9.17, 15) is 0 Å². The zero-order valence-electron chi connectivity index (χ0n) is 7.50. The Morgan fingerprint density at radius 2 is 2.33 bits per heavy atom. The van der Waals surface area contributed by atoms with Crippen LogP contribution in [0.4, 0.5) is 0 Å². The van der Waals surface area contributed by atoms with Crippen molar-refractivity contribution < 1.29 is 5.11 Å². The van der Waals surface area contributed by atoms with Crippen LogP contribution in [0.2, 0.25) is 0 Å². The van der Waals surface area contributed by atoms with Crippen LogP contribution in [0.3, 0.4) is 0 Å². The van der Waals surface area contributed by atoms with Crippen LogP contribution in [0.25, 0.3) is 0 Å². The summed E-state index contributed by atoms with van der Waals surface area (Å²) in [5, 5.41) is 11.8. The molecule has 0 spiro atoms. The Balaban J connectivity index is 2.47. The van der Waals surface area contributed by atoms with Gasteiger partial charge in [0.05, 0.1) is 6.61 Å². The molecule has 0 unspecified atom stereocenters. The van der Waals surface area contributed by atoms with Crippen LogP contribution in [-0.4, -0.2) is 18.3 Å². The van der Waals surface area contributed by atoms with E-state index >= 15 is 0 Å². The van der Waals surface area contributed by atoms with Gasteiger partial charge < -0.3 is 10.4 Å². The van der Waals surface area contributed by atoms with Crippen LogP contribution in [0, 0.1) is 6.92 Å². The summed E-state index contributed by atoms with van der Waals surface area (Å²) in [4.78, 5) is 2.67. The van der Waals surface area contributed by atoms with Gasteiger partial charge in [0.15, 0.2) is 0 Å². The van der Waals surface area contributed by atoms with Crippen molar-refractivity contribution in [3.05, 3.63) is 21.9 Å². The topological polar surface area (TPSA) is 32.3 Å². The predicted molar refractivity (Wildman–Crippen MR) is 52.6 cm³/mol. The Hall–Kier alpha value is -0.380. The zero-order valence-corrected chi connectivity index (χ0v) is 8.32. The predicted octanol–water partition coefficient (Wildman–Crippen LogP) is 1.70. The summed E-state index contributed by atoms with van der Waals surface area (Å²) in [5.74, 6) is 0. The average molecular weight is 185 g/mol. The molecule has 0 aromatic carbocycles. The van der Waals surface area contributed by atoms with E-state index in [4.69, 9.17) is 5.11 Å². The molecule has 0 aliphatic rings. The lowest BCUT2D eigenvalue weighted by Gasteiger charge is -2.09. The number of thiophene rings is 1. The SMILES string of the molecule is Cc1ccc([C@H](C)NCCO)s1. The fourth-order valence-corrected chi connectivity index (χ4v) is 1.97. The number of aliphatic hydroxyl groups is 1. The second kappa shape index (κ2) is 4.60. The van der Waals surface area contributed by atoms with E-state index in [1.165, 1.54) is 9.75 Å². The highest BCUT2D eigenvalue weighted by molar-refractivity contribution is 7.12. The highest BCUT2D eigenvalue weighted by Crippen LogP contribution is 2.21. The molecule has 1 atom stereocenters. The van der Waals surface area contributed by atoms with Crippen LogP contribution in [0.5, 0.6) is 0 Å². The normalized spacial score (nSPS) is 13.2. The first-order valence-electron chi connectivity index (χ1n) is 4.14. The van der Waals surface area contributed by atoms with Crippen molar-refractivity contribution in [3.8, 4) is 0 Å². The van der Waals surface area contributed by atoms with E-state index in [0.29, 0.717) is 12.6 Å². The van der Waals surface area contributed by atoms with Crippen molar-refractivity contribution in [2.24, 2.45) is 0 Å². The van der Waals surface area contributed by atoms with E-state index < -0.39 is 0 Å². The maximum Gasteiger partial charge on any atom is 0.0556 e. The summed E-state index contributed by atoms with van der Waals surface area (Å²) in [6, 6.07) is 4.61. The smallest absolute Gasteiger partial charge is 0.0556 e. The van der Waals surface area contributed by atoms with Gasteiger partial charge in [-0.15, -0.1) is 11.3 Å². The molecule has 1 aromatic heterocycles. The molecule has 1 heterocycles. The van der Waals surface area contributed by atoms with E-state index in [0.717, 1.165) is 0 Å². The minimum absolute atomic E-state index is 0.203. The van der Waals surface area contributed by atoms with Gasteiger partial charge in [-0.3, -0.25) is 0 Å². The molecule has 0 amide bonds. The summed E-state index contributed by atoms with van der Waals surface area (Å²) >= 11 is 1.80. The second-order valence-electron chi connectivity index (χ2n) is 2.85. The molecule has 3 heteroatoms. The zero-order chi connectivity index (χ0) is 8.97. The highest BCUT2D eigenvalue weighted by atomic mass is 32.1. The molecule has 0 saturated carbocycles. The molecule has 0 bridgehead atoms. The van der Waals surface area contributed by atoms with E-state index in [-0.39, 0.29) is 6.61 Å². The fraction of sp³-hybridized carbons (Fsp3) is 0.556. The number of aryl methyl sites for hydroxylation is 1. The third kappa shape index (κ3) is 2.59. The molecular weight excluding hydrogens is 170 g/mol. The van der Waals surface area contributed by atoms with Crippen LogP contribution in [-0.2, 0) is 0 Å². The van der Waals surface area contributed by atoms with E-state index in [2.05, 4.69) is 31.3 Å². The van der Waals surface area contributed by atoms with Crippen molar-refractivity contribution in [1.29, 1.82) is 0 Å². The Labute approximate surface area is 77.2 Å². The summed E-state index contributed by atoms with van der Waals surface area (Å²) < 4.78 is 0. The summed E-state index contributed by atoms with van der Waals surface area (Å²) in [6.45, 7) is 5.08. The van der Waals surface area contributed by atoms with Gasteiger partial charge in [-0.1, -0.05) is 0 Å². The first kappa shape index (κ1) is 9.71. The van der Waals surface area contributed by atoms with Crippen molar-refractivity contribution in [3.63, 3.8) is 0 Å². The highest BCUT2D eigenvalue weighted by Gasteiger charge is 2.05. The van der Waals surface area contributed by atoms with Gasteiger partial charge in [0.2, 0.25) is 0 Å². The lowest BCUT2D eigenvalue weighted by atomic mass is 10.3. The first-order valence-corrected chi connectivity index (χ1v) is 4.96.